The van der Waals surface area contributed by atoms with Crippen molar-refractivity contribution in [1.29, 1.82) is 21.6 Å². The number of nitrogen functional groups attached to an aromatic ring is 2. The molecule has 24 N–H and O–H groups in total. The average molecular weight is 1570 g/mol. The van der Waals surface area contributed by atoms with Crippen molar-refractivity contribution in [2.24, 2.45) is 0 Å². The van der Waals surface area contributed by atoms with Gasteiger partial charge in [0.05, 0.1) is 0 Å². The topological polar surface area (TPSA) is 970 Å². The van der Waals surface area contributed by atoms with E-state index in [1.807, 2.05) is 0 Å². The summed E-state index contributed by atoms with van der Waals surface area (Å²) in [6.07, 6.45) is 24.9. The minimum absolute atomic E-state index is 0. The van der Waals surface area contributed by atoms with Crippen LogP contribution in [-0.4, -0.2) is 137 Å². The average Bonchev–Trinajstić information content (AvgIpc) is 1.70. The number of nitrogens with one attached hydrogen (secondary N) is 8. The number of fused-ring (bicyclic) bond motifs is 6. The molecular weight excluding hydrogens is 1530 g/mol. The van der Waals surface area contributed by atoms with Gasteiger partial charge in [-0.05, 0) is 24.3 Å². The molecule has 0 aromatic carbocycles. The van der Waals surface area contributed by atoms with Crippen molar-refractivity contribution in [3.8, 4) is 11.6 Å². The first-order valence-electron chi connectivity index (χ1n) is 22.7. The molecule has 14 rings (SSSR count). The van der Waals surface area contributed by atoms with Gasteiger partial charge in [0.2, 0.25) is 0 Å². The summed E-state index contributed by atoms with van der Waals surface area (Å²) in [6, 6.07) is 13.2. The molecule has 0 bridgehead atoms. The summed E-state index contributed by atoms with van der Waals surface area (Å²) in [6.45, 7) is 0. The van der Waals surface area contributed by atoms with Crippen LogP contribution >= 0.6 is 0 Å². The molecule has 14 heterocycles. The van der Waals surface area contributed by atoms with Crippen LogP contribution in [0.15, 0.2) is 148 Å². The van der Waals surface area contributed by atoms with Crippen molar-refractivity contribution in [2.45, 2.75) is 0 Å². The predicted octanol–water partition coefficient (Wildman–Crippen LogP) is -24.2. The van der Waals surface area contributed by atoms with Crippen LogP contribution in [0.1, 0.15) is 0 Å². The van der Waals surface area contributed by atoms with E-state index < -0.39 is 41.0 Å². The maximum Gasteiger partial charge on any atom is 2.00 e. The van der Waals surface area contributed by atoms with E-state index in [1.165, 1.54) is 65.1 Å². The van der Waals surface area contributed by atoms with Gasteiger partial charge in [0.25, 0.3) is 34.7 Å². The van der Waals surface area contributed by atoms with Crippen molar-refractivity contribution < 1.29 is 176 Å². The summed E-state index contributed by atoms with van der Waals surface area (Å²) in [7, 11) is -19.8. The Balaban J connectivity index is -0.00000102. The fourth-order valence-electron chi connectivity index (χ4n) is 5.45. The summed E-state index contributed by atoms with van der Waals surface area (Å²) in [4.78, 5) is 62.6. The largest absolute Gasteiger partial charge is 2.00 e. The van der Waals surface area contributed by atoms with Crippen LogP contribution in [0.3, 0.4) is 0 Å². The van der Waals surface area contributed by atoms with Crippen LogP contribution in [-0.2, 0) is 60.9 Å². The Kier molecular flexibility index (Phi) is 41.9. The van der Waals surface area contributed by atoms with Crippen LogP contribution in [0, 0.1) is 62.6 Å². The number of anilines is 2. The SMILES string of the molecule is N=c1ccnc2nc[nH]n12.N=c1ccnc2nc[nH]n12.N=c1ccnc2nc[nH]n12.N=c1ccnc2nc[nH]n12.Nc1ccnc2ncnn12.Nc1ccnc2ncnn12.[O-][Cl+3]([O-])([O-])[O-].[O-][Cl+3]([O-])([O-])[O-].[O-][Cl+3]([O-])([O-])[O-].[O-][Cl+3]([O-])([O-])[O-].[OH3+].[OH3+].[OH3+].[OH3+].[Zn+2].[Zn+2].c1cnc(-c2ncccn2)nc1. The molecule has 60 heteroatoms. The number of hydrogen-bond acceptors (Lipinski definition) is 40. The zero-order valence-electron chi connectivity index (χ0n) is 48.5. The summed E-state index contributed by atoms with van der Waals surface area (Å²) in [5.41, 5.74) is 12.4. The number of nitrogens with two attached hydrogens (primary N) is 2. The van der Waals surface area contributed by atoms with E-state index in [0.717, 1.165) is 0 Å². The van der Waals surface area contributed by atoms with Crippen LogP contribution in [0.2, 0.25) is 0 Å². The Hall–Kier alpha value is -10.1. The van der Waals surface area contributed by atoms with Crippen molar-refractivity contribution >= 4 is 46.3 Å². The van der Waals surface area contributed by atoms with Gasteiger partial charge >= 0.3 is 39.0 Å². The van der Waals surface area contributed by atoms with Crippen LogP contribution in [0.25, 0.3) is 46.3 Å². The summed E-state index contributed by atoms with van der Waals surface area (Å²) in [5.74, 6) is 5.33. The molecule has 0 amide bonds. The van der Waals surface area contributed by atoms with Gasteiger partial charge in [-0.25, -0.2) is 162 Å². The van der Waals surface area contributed by atoms with Gasteiger partial charge in [-0.3, -0.25) is 42.0 Å². The summed E-state index contributed by atoms with van der Waals surface area (Å²) in [5, 5.41) is 48.0. The maximum absolute atomic E-state index is 8.49. The number of nitrogens with zero attached hydrogens (tertiary/aromatic N) is 24. The van der Waals surface area contributed by atoms with E-state index in [9.17, 15) is 0 Å². The first-order chi connectivity index (χ1) is 43.2. The third-order valence-electron chi connectivity index (χ3n) is 8.67. The molecule has 54 nitrogen and oxygen atoms in total. The third-order valence-corrected chi connectivity index (χ3v) is 8.67. The number of rotatable bonds is 1. The van der Waals surface area contributed by atoms with E-state index in [1.54, 1.807) is 110 Å². The molecular formula is C38H48Cl4N34O20Zn2+4. The number of H-pyrrole nitrogens is 4. The minimum atomic E-state index is -4.94. The molecule has 14 aromatic rings. The van der Waals surface area contributed by atoms with E-state index in [4.69, 9.17) is 108 Å². The molecule has 0 unspecified atom stereocenters. The number of halogens is 4. The quantitative estimate of drug-likeness (QED) is 0.0539. The smallest absolute Gasteiger partial charge is 0.457 e. The van der Waals surface area contributed by atoms with Gasteiger partial charge < -0.3 is 33.4 Å². The molecule has 0 spiro atoms. The molecule has 0 saturated carbocycles. The summed E-state index contributed by atoms with van der Waals surface area (Å²) >= 11 is 0. The molecule has 0 saturated heterocycles. The zero-order chi connectivity index (χ0) is 68.1. The molecule has 0 aliphatic heterocycles. The van der Waals surface area contributed by atoms with E-state index in [2.05, 4.69) is 110 Å². The van der Waals surface area contributed by atoms with E-state index >= 15 is 0 Å². The zero-order valence-corrected chi connectivity index (χ0v) is 57.5. The predicted molar refractivity (Wildman–Crippen MR) is 266 cm³/mol. The number of hydrogen-bond donors (Lipinski definition) is 10. The molecule has 0 fully saturated rings. The molecule has 0 radical (unpaired) electrons. The van der Waals surface area contributed by atoms with Crippen LogP contribution in [0.4, 0.5) is 11.6 Å². The molecule has 0 atom stereocenters. The van der Waals surface area contributed by atoms with Crippen LogP contribution < -0.4 is 108 Å². The van der Waals surface area contributed by atoms with Gasteiger partial charge in [-0.15, -0.1) is 41.0 Å². The van der Waals surface area contributed by atoms with Crippen LogP contribution in [0.5, 0.6) is 0 Å². The Morgan fingerprint density at radius 1 is 0.296 bits per heavy atom. The maximum atomic E-state index is 8.49. The third kappa shape index (κ3) is 36.7. The van der Waals surface area contributed by atoms with E-state index in [0.29, 0.717) is 79.9 Å². The summed E-state index contributed by atoms with van der Waals surface area (Å²) < 4.78 is 145. The van der Waals surface area contributed by atoms with Crippen molar-refractivity contribution in [3.63, 3.8) is 0 Å². The standard InChI is InChI=1S/C8H6N4.6C5H5N5.4ClHO4.4H2O.2Zn/c1-3-9-7(10-4-1)8-11-5-2-6-12-8;6*6-4-1-2-7-5-8-3-9-10(4)5;4*2-1(3,4)5;;;;;;/h1-6H;2*1-3H,6H2;4*1-3,6H,(H,7,8,9);4*(H,2,3,4,5);4*1H2;;/q;;;;;;;;;;;;;;;2*+2. The monoisotopic (exact) mass is 1570 g/mol. The van der Waals surface area contributed by atoms with Gasteiger partial charge in [-0.1, -0.05) is 0 Å². The molecule has 0 aliphatic rings. The van der Waals surface area contributed by atoms with Gasteiger partial charge in [0.15, 0.2) is 11.6 Å². The Morgan fingerprint density at radius 2 is 0.500 bits per heavy atom. The van der Waals surface area contributed by atoms with Crippen molar-refractivity contribution in [1.82, 2.24) is 137 Å². The second-order valence-electron chi connectivity index (χ2n) is 14.8. The van der Waals surface area contributed by atoms with Crippen molar-refractivity contribution in [2.75, 3.05) is 11.5 Å². The van der Waals surface area contributed by atoms with Gasteiger partial charge in [0.1, 0.15) is 71.6 Å². The van der Waals surface area contributed by atoms with E-state index in [-0.39, 0.29) is 60.9 Å². The number of aromatic amines is 4. The Bertz CT molecular complexity index is 4180. The second-order valence-corrected chi connectivity index (χ2v) is 17.8. The van der Waals surface area contributed by atoms with Gasteiger partial charge in [-0.2, -0.15) is 29.2 Å². The Morgan fingerprint density at radius 3 is 0.704 bits per heavy atom. The molecule has 518 valence electrons. The molecule has 14 aromatic heterocycles. The number of aromatic nitrogens is 28. The fourth-order valence-corrected chi connectivity index (χ4v) is 5.45. The van der Waals surface area contributed by atoms with Crippen molar-refractivity contribution in [3.05, 3.63) is 170 Å². The Labute approximate surface area is 572 Å². The first-order valence-corrected chi connectivity index (χ1v) is 27.7. The normalized spacial score (nSPS) is 10.0. The molecule has 0 aliphatic carbocycles. The first kappa shape index (κ1) is 92.1. The second kappa shape index (κ2) is 44.6. The molecule has 98 heavy (non-hydrogen) atoms. The minimum Gasteiger partial charge on any atom is -0.457 e. The van der Waals surface area contributed by atoms with Gasteiger partial charge in [0, 0.05) is 86.2 Å². The fraction of sp³-hybridized carbons (Fsp3) is 0.